The van der Waals surface area contributed by atoms with Crippen molar-refractivity contribution >= 4 is 16.7 Å². The molecule has 1 unspecified atom stereocenters. The fraction of sp³-hybridized carbons (Fsp3) is 0.417. The Morgan fingerprint density at radius 3 is 3.16 bits per heavy atom. The highest BCUT2D eigenvalue weighted by Crippen LogP contribution is 2.21. The van der Waals surface area contributed by atoms with Gasteiger partial charge in [0, 0.05) is 24.6 Å². The number of hydrogen-bond donors (Lipinski definition) is 2. The van der Waals surface area contributed by atoms with Crippen LogP contribution in [0, 0.1) is 16.0 Å². The molecule has 2 N–H and O–H groups in total. The smallest absolute Gasteiger partial charge is 0.294 e. The van der Waals surface area contributed by atoms with Gasteiger partial charge in [0.15, 0.2) is 0 Å². The molecule has 19 heavy (non-hydrogen) atoms. The number of imidazole rings is 1. The van der Waals surface area contributed by atoms with Crippen LogP contribution >= 0.6 is 0 Å². The Bertz CT molecular complexity index is 604. The standard InChI is InChI=1S/C12H14N4O3/c17-16(18)9-1-2-10-11(5-9)15-12(14-10)19-7-8-3-4-13-6-8/h1-2,5,8,13H,3-4,6-7H2,(H,14,15). The van der Waals surface area contributed by atoms with Gasteiger partial charge in [-0.1, -0.05) is 0 Å². The second-order valence-corrected chi connectivity index (χ2v) is 4.67. The molecule has 0 bridgehead atoms. The molecule has 0 saturated carbocycles. The van der Waals surface area contributed by atoms with Crippen molar-refractivity contribution in [1.29, 1.82) is 0 Å². The Balaban J connectivity index is 1.75. The second-order valence-electron chi connectivity index (χ2n) is 4.67. The molecule has 1 aromatic heterocycles. The van der Waals surface area contributed by atoms with Gasteiger partial charge in [0.25, 0.3) is 11.7 Å². The molecule has 100 valence electrons. The predicted molar refractivity (Wildman–Crippen MR) is 69.2 cm³/mol. The van der Waals surface area contributed by atoms with Gasteiger partial charge >= 0.3 is 0 Å². The number of benzene rings is 1. The van der Waals surface area contributed by atoms with Crippen molar-refractivity contribution in [3.05, 3.63) is 28.3 Å². The number of H-pyrrole nitrogens is 1. The van der Waals surface area contributed by atoms with Crippen LogP contribution in [-0.4, -0.2) is 34.6 Å². The molecule has 0 aliphatic carbocycles. The molecule has 1 aliphatic heterocycles. The quantitative estimate of drug-likeness (QED) is 0.642. The van der Waals surface area contributed by atoms with Gasteiger partial charge in [0.2, 0.25) is 0 Å². The highest BCUT2D eigenvalue weighted by atomic mass is 16.6. The van der Waals surface area contributed by atoms with Crippen LogP contribution in [-0.2, 0) is 0 Å². The van der Waals surface area contributed by atoms with Gasteiger partial charge in [-0.2, -0.15) is 4.98 Å². The SMILES string of the molecule is O=[N+]([O-])c1ccc2nc(OCC3CCNC3)[nH]c2c1. The van der Waals surface area contributed by atoms with Crippen molar-refractivity contribution in [3.8, 4) is 6.01 Å². The lowest BCUT2D eigenvalue weighted by Crippen LogP contribution is -2.15. The van der Waals surface area contributed by atoms with Crippen molar-refractivity contribution in [3.63, 3.8) is 0 Å². The van der Waals surface area contributed by atoms with Gasteiger partial charge in [-0.25, -0.2) is 0 Å². The maximum Gasteiger partial charge on any atom is 0.294 e. The second kappa shape index (κ2) is 4.85. The highest BCUT2D eigenvalue weighted by molar-refractivity contribution is 5.78. The van der Waals surface area contributed by atoms with Crippen LogP contribution in [0.25, 0.3) is 11.0 Å². The number of nitro groups is 1. The number of nitrogens with zero attached hydrogens (tertiary/aromatic N) is 2. The third kappa shape index (κ3) is 2.50. The summed E-state index contributed by atoms with van der Waals surface area (Å²) >= 11 is 0. The van der Waals surface area contributed by atoms with E-state index in [0.29, 0.717) is 29.6 Å². The molecule has 7 nitrogen and oxygen atoms in total. The van der Waals surface area contributed by atoms with E-state index in [1.54, 1.807) is 6.07 Å². The zero-order valence-electron chi connectivity index (χ0n) is 10.3. The van der Waals surface area contributed by atoms with Crippen LogP contribution in [0.2, 0.25) is 0 Å². The van der Waals surface area contributed by atoms with Crippen molar-refractivity contribution < 1.29 is 9.66 Å². The number of nitrogens with one attached hydrogen (secondary N) is 2. The van der Waals surface area contributed by atoms with Gasteiger partial charge < -0.3 is 15.0 Å². The Morgan fingerprint density at radius 2 is 2.42 bits per heavy atom. The fourth-order valence-electron chi connectivity index (χ4n) is 2.21. The summed E-state index contributed by atoms with van der Waals surface area (Å²) in [5, 5.41) is 14.0. The summed E-state index contributed by atoms with van der Waals surface area (Å²) in [6.45, 7) is 2.60. The average Bonchev–Trinajstić information content (AvgIpc) is 3.04. The lowest BCUT2D eigenvalue weighted by molar-refractivity contribution is -0.384. The summed E-state index contributed by atoms with van der Waals surface area (Å²) in [6.07, 6.45) is 1.10. The normalized spacial score (nSPS) is 18.8. The van der Waals surface area contributed by atoms with Crippen LogP contribution in [0.15, 0.2) is 18.2 Å². The molecule has 1 aromatic carbocycles. The van der Waals surface area contributed by atoms with Crippen molar-refractivity contribution in [2.45, 2.75) is 6.42 Å². The lowest BCUT2D eigenvalue weighted by atomic mass is 10.1. The van der Waals surface area contributed by atoms with E-state index < -0.39 is 4.92 Å². The molecular weight excluding hydrogens is 248 g/mol. The molecule has 0 amide bonds. The van der Waals surface area contributed by atoms with Crippen LogP contribution in [0.5, 0.6) is 6.01 Å². The fourth-order valence-corrected chi connectivity index (χ4v) is 2.21. The average molecular weight is 262 g/mol. The zero-order valence-corrected chi connectivity index (χ0v) is 10.3. The van der Waals surface area contributed by atoms with Crippen molar-refractivity contribution in [2.75, 3.05) is 19.7 Å². The zero-order chi connectivity index (χ0) is 13.2. The maximum atomic E-state index is 10.7. The first-order chi connectivity index (χ1) is 9.22. The molecule has 2 heterocycles. The molecular formula is C12H14N4O3. The van der Waals surface area contributed by atoms with Gasteiger partial charge in [-0.3, -0.25) is 10.1 Å². The van der Waals surface area contributed by atoms with Gasteiger partial charge in [0.05, 0.1) is 22.6 Å². The molecule has 1 fully saturated rings. The summed E-state index contributed by atoms with van der Waals surface area (Å²) in [5.74, 6) is 0.502. The number of ether oxygens (including phenoxy) is 1. The van der Waals surface area contributed by atoms with Crippen molar-refractivity contribution in [2.24, 2.45) is 5.92 Å². The number of aromatic amines is 1. The van der Waals surface area contributed by atoms with Gasteiger partial charge in [0.1, 0.15) is 0 Å². The Hall–Kier alpha value is -2.15. The van der Waals surface area contributed by atoms with E-state index in [4.69, 9.17) is 4.74 Å². The molecule has 7 heteroatoms. The van der Waals surface area contributed by atoms with E-state index in [-0.39, 0.29) is 5.69 Å². The number of non-ortho nitro benzene ring substituents is 1. The predicted octanol–water partition coefficient (Wildman–Crippen LogP) is 1.46. The molecule has 2 aromatic rings. The summed E-state index contributed by atoms with van der Waals surface area (Å²) < 4.78 is 5.60. The van der Waals surface area contributed by atoms with Gasteiger partial charge in [-0.15, -0.1) is 0 Å². The maximum absolute atomic E-state index is 10.7. The number of aromatic nitrogens is 2. The Morgan fingerprint density at radius 1 is 1.53 bits per heavy atom. The van der Waals surface area contributed by atoms with Gasteiger partial charge in [-0.05, 0) is 19.0 Å². The largest absolute Gasteiger partial charge is 0.464 e. The number of rotatable bonds is 4. The molecule has 0 radical (unpaired) electrons. The molecule has 0 spiro atoms. The molecule has 1 atom stereocenters. The number of nitro benzene ring substituents is 1. The van der Waals surface area contributed by atoms with E-state index in [0.717, 1.165) is 19.5 Å². The first-order valence-electron chi connectivity index (χ1n) is 6.20. The number of hydrogen-bond acceptors (Lipinski definition) is 5. The first kappa shape index (κ1) is 11.9. The minimum absolute atomic E-state index is 0.0442. The van der Waals surface area contributed by atoms with Crippen LogP contribution in [0.1, 0.15) is 6.42 Å². The van der Waals surface area contributed by atoms with Crippen molar-refractivity contribution in [1.82, 2.24) is 15.3 Å². The Labute approximate surface area is 109 Å². The summed E-state index contributed by atoms with van der Waals surface area (Å²) in [5.41, 5.74) is 1.33. The highest BCUT2D eigenvalue weighted by Gasteiger charge is 2.16. The molecule has 3 rings (SSSR count). The third-order valence-corrected chi connectivity index (χ3v) is 3.27. The van der Waals surface area contributed by atoms with E-state index in [1.807, 2.05) is 0 Å². The molecule has 1 saturated heterocycles. The first-order valence-corrected chi connectivity index (χ1v) is 6.20. The third-order valence-electron chi connectivity index (χ3n) is 3.27. The van der Waals surface area contributed by atoms with Crippen LogP contribution in [0.4, 0.5) is 5.69 Å². The summed E-state index contributed by atoms with van der Waals surface area (Å²) in [6, 6.07) is 4.94. The summed E-state index contributed by atoms with van der Waals surface area (Å²) in [7, 11) is 0. The monoisotopic (exact) mass is 262 g/mol. The summed E-state index contributed by atoms with van der Waals surface area (Å²) in [4.78, 5) is 17.5. The lowest BCUT2D eigenvalue weighted by Gasteiger charge is -2.07. The van der Waals surface area contributed by atoms with E-state index in [2.05, 4.69) is 15.3 Å². The van der Waals surface area contributed by atoms with E-state index >= 15 is 0 Å². The minimum atomic E-state index is -0.426. The number of fused-ring (bicyclic) bond motifs is 1. The Kier molecular flexibility index (Phi) is 3.04. The van der Waals surface area contributed by atoms with Crippen LogP contribution in [0.3, 0.4) is 0 Å². The minimum Gasteiger partial charge on any atom is -0.464 e. The topological polar surface area (TPSA) is 93.1 Å². The molecule has 1 aliphatic rings. The van der Waals surface area contributed by atoms with Crippen LogP contribution < -0.4 is 10.1 Å². The van der Waals surface area contributed by atoms with E-state index in [9.17, 15) is 10.1 Å². The van der Waals surface area contributed by atoms with E-state index in [1.165, 1.54) is 12.1 Å².